The van der Waals surface area contributed by atoms with E-state index in [0.717, 1.165) is 32.9 Å². The lowest BCUT2D eigenvalue weighted by atomic mass is 10.3. The van der Waals surface area contributed by atoms with Crippen LogP contribution in [0.4, 0.5) is 0 Å². The first-order valence-electron chi connectivity index (χ1n) is 6.46. The highest BCUT2D eigenvalue weighted by molar-refractivity contribution is 9.10. The minimum absolute atomic E-state index is 0.515. The summed E-state index contributed by atoms with van der Waals surface area (Å²) in [5.74, 6) is 2.23. The van der Waals surface area contributed by atoms with Crippen molar-refractivity contribution in [3.8, 4) is 11.4 Å². The Morgan fingerprint density at radius 3 is 2.71 bits per heavy atom. The van der Waals surface area contributed by atoms with Crippen molar-refractivity contribution in [1.29, 1.82) is 0 Å². The summed E-state index contributed by atoms with van der Waals surface area (Å²) in [4.78, 5) is 9.12. The van der Waals surface area contributed by atoms with Crippen LogP contribution in [-0.4, -0.2) is 27.5 Å². The molecule has 108 valence electrons. The predicted molar refractivity (Wildman–Crippen MR) is 87.5 cm³/mol. The monoisotopic (exact) mass is 365 g/mol. The molecule has 3 aromatic rings. The van der Waals surface area contributed by atoms with E-state index >= 15 is 0 Å². The fourth-order valence-electron chi connectivity index (χ4n) is 2.24. The first-order chi connectivity index (χ1) is 10.2. The Morgan fingerprint density at radius 2 is 2.05 bits per heavy atom. The Hall–Kier alpha value is -1.59. The Bertz CT molecular complexity index is 770. The standard InChI is InChI=1S/C15H13BrClN3O/c1-21-12-4-2-11(3-5-12)20-14(6-7-17)19-13-8-10(16)9-18-15(13)20/h2-5,8-9H,6-7H2,1H3. The maximum Gasteiger partial charge on any atom is 0.164 e. The number of rotatable bonds is 4. The summed E-state index contributed by atoms with van der Waals surface area (Å²) in [6, 6.07) is 9.78. The molecule has 0 saturated carbocycles. The van der Waals surface area contributed by atoms with Crippen molar-refractivity contribution in [3.05, 3.63) is 46.8 Å². The highest BCUT2D eigenvalue weighted by Gasteiger charge is 2.13. The minimum Gasteiger partial charge on any atom is -0.497 e. The molecule has 0 atom stereocenters. The number of alkyl halides is 1. The third-order valence-corrected chi connectivity index (χ3v) is 3.80. The lowest BCUT2D eigenvalue weighted by molar-refractivity contribution is 0.414. The topological polar surface area (TPSA) is 39.9 Å². The molecular formula is C15H13BrClN3O. The van der Waals surface area contributed by atoms with Crippen LogP contribution >= 0.6 is 27.5 Å². The van der Waals surface area contributed by atoms with Gasteiger partial charge in [0.2, 0.25) is 0 Å². The van der Waals surface area contributed by atoms with Gasteiger partial charge >= 0.3 is 0 Å². The van der Waals surface area contributed by atoms with Gasteiger partial charge in [0.15, 0.2) is 5.65 Å². The van der Waals surface area contributed by atoms with E-state index in [1.165, 1.54) is 0 Å². The number of aryl methyl sites for hydroxylation is 1. The van der Waals surface area contributed by atoms with Gasteiger partial charge in [0.05, 0.1) is 7.11 Å². The van der Waals surface area contributed by atoms with E-state index in [1.54, 1.807) is 13.3 Å². The fraction of sp³-hybridized carbons (Fsp3) is 0.200. The average molecular weight is 367 g/mol. The molecule has 0 bridgehead atoms. The molecule has 0 aliphatic carbocycles. The predicted octanol–water partition coefficient (Wildman–Crippen LogP) is 3.97. The van der Waals surface area contributed by atoms with Gasteiger partial charge in [0.1, 0.15) is 17.1 Å². The van der Waals surface area contributed by atoms with Crippen molar-refractivity contribution in [2.24, 2.45) is 0 Å². The van der Waals surface area contributed by atoms with Crippen LogP contribution in [-0.2, 0) is 6.42 Å². The third-order valence-electron chi connectivity index (χ3n) is 3.18. The van der Waals surface area contributed by atoms with Crippen LogP contribution in [0.1, 0.15) is 5.82 Å². The number of ether oxygens (including phenoxy) is 1. The van der Waals surface area contributed by atoms with Gasteiger partial charge < -0.3 is 4.74 Å². The second-order valence-electron chi connectivity index (χ2n) is 4.50. The molecule has 0 unspecified atom stereocenters. The molecule has 0 aliphatic rings. The van der Waals surface area contributed by atoms with Gasteiger partial charge in [-0.25, -0.2) is 9.97 Å². The number of methoxy groups -OCH3 is 1. The maximum absolute atomic E-state index is 5.90. The van der Waals surface area contributed by atoms with Gasteiger partial charge in [-0.1, -0.05) is 0 Å². The normalized spacial score (nSPS) is 11.0. The van der Waals surface area contributed by atoms with E-state index in [2.05, 4.69) is 25.9 Å². The van der Waals surface area contributed by atoms with Gasteiger partial charge in [-0.3, -0.25) is 4.57 Å². The van der Waals surface area contributed by atoms with Crippen molar-refractivity contribution in [2.75, 3.05) is 13.0 Å². The Kier molecular flexibility index (Phi) is 4.12. The lowest BCUT2D eigenvalue weighted by Gasteiger charge is -2.08. The van der Waals surface area contributed by atoms with Crippen LogP contribution in [0.3, 0.4) is 0 Å². The molecule has 0 spiro atoms. The number of pyridine rings is 1. The Morgan fingerprint density at radius 1 is 1.29 bits per heavy atom. The molecule has 0 fully saturated rings. The molecule has 6 heteroatoms. The fourth-order valence-corrected chi connectivity index (χ4v) is 2.73. The molecule has 1 aromatic carbocycles. The first kappa shape index (κ1) is 14.4. The first-order valence-corrected chi connectivity index (χ1v) is 7.79. The van der Waals surface area contributed by atoms with Crippen LogP contribution in [0.5, 0.6) is 5.75 Å². The van der Waals surface area contributed by atoms with Gasteiger partial charge in [-0.05, 0) is 46.3 Å². The van der Waals surface area contributed by atoms with Gasteiger partial charge in [-0.15, -0.1) is 11.6 Å². The second-order valence-corrected chi connectivity index (χ2v) is 5.79. The Balaban J connectivity index is 2.20. The van der Waals surface area contributed by atoms with E-state index < -0.39 is 0 Å². The van der Waals surface area contributed by atoms with E-state index in [9.17, 15) is 0 Å². The molecule has 0 radical (unpaired) electrons. The van der Waals surface area contributed by atoms with Gasteiger partial charge in [0, 0.05) is 28.7 Å². The number of aromatic nitrogens is 3. The smallest absolute Gasteiger partial charge is 0.164 e. The van der Waals surface area contributed by atoms with Crippen molar-refractivity contribution >= 4 is 38.7 Å². The summed E-state index contributed by atoms with van der Waals surface area (Å²) in [5.41, 5.74) is 2.66. The van der Waals surface area contributed by atoms with Gasteiger partial charge in [-0.2, -0.15) is 0 Å². The number of benzene rings is 1. The number of hydrogen-bond acceptors (Lipinski definition) is 3. The molecule has 3 rings (SSSR count). The summed E-state index contributed by atoms with van der Waals surface area (Å²) < 4.78 is 8.14. The zero-order valence-corrected chi connectivity index (χ0v) is 13.7. The number of nitrogens with zero attached hydrogens (tertiary/aromatic N) is 3. The number of fused-ring (bicyclic) bond motifs is 1. The zero-order chi connectivity index (χ0) is 14.8. The number of hydrogen-bond donors (Lipinski definition) is 0. The van der Waals surface area contributed by atoms with Crippen molar-refractivity contribution in [3.63, 3.8) is 0 Å². The minimum atomic E-state index is 0.515. The van der Waals surface area contributed by atoms with Crippen molar-refractivity contribution < 1.29 is 4.74 Å². The van der Waals surface area contributed by atoms with E-state index in [-0.39, 0.29) is 0 Å². The van der Waals surface area contributed by atoms with Crippen LogP contribution in [0, 0.1) is 0 Å². The van der Waals surface area contributed by atoms with Crippen LogP contribution in [0.2, 0.25) is 0 Å². The molecule has 4 nitrogen and oxygen atoms in total. The summed E-state index contributed by atoms with van der Waals surface area (Å²) in [6.45, 7) is 0. The molecule has 2 aromatic heterocycles. The highest BCUT2D eigenvalue weighted by atomic mass is 79.9. The third kappa shape index (κ3) is 2.76. The molecule has 0 saturated heterocycles. The zero-order valence-electron chi connectivity index (χ0n) is 11.4. The highest BCUT2D eigenvalue weighted by Crippen LogP contribution is 2.24. The maximum atomic E-state index is 5.90. The van der Waals surface area contributed by atoms with Crippen LogP contribution in [0.15, 0.2) is 41.0 Å². The summed E-state index contributed by atoms with van der Waals surface area (Å²) in [6.07, 6.45) is 2.45. The Labute approximate surface area is 135 Å². The molecule has 2 heterocycles. The van der Waals surface area contributed by atoms with E-state index in [1.807, 2.05) is 34.9 Å². The number of halogens is 2. The van der Waals surface area contributed by atoms with Crippen LogP contribution < -0.4 is 4.74 Å². The second kappa shape index (κ2) is 6.03. The molecule has 0 amide bonds. The molecular weight excluding hydrogens is 354 g/mol. The average Bonchev–Trinajstić information content (AvgIpc) is 2.85. The van der Waals surface area contributed by atoms with E-state index in [4.69, 9.17) is 16.3 Å². The van der Waals surface area contributed by atoms with E-state index in [0.29, 0.717) is 12.3 Å². The molecule has 21 heavy (non-hydrogen) atoms. The summed E-state index contributed by atoms with van der Waals surface area (Å²) >= 11 is 9.32. The lowest BCUT2D eigenvalue weighted by Crippen LogP contribution is -2.03. The SMILES string of the molecule is COc1ccc(-n2c(CCCl)nc3cc(Br)cnc32)cc1. The summed E-state index contributed by atoms with van der Waals surface area (Å²) in [7, 11) is 1.65. The largest absolute Gasteiger partial charge is 0.497 e. The molecule has 0 N–H and O–H groups in total. The molecule has 0 aliphatic heterocycles. The van der Waals surface area contributed by atoms with Crippen molar-refractivity contribution in [1.82, 2.24) is 14.5 Å². The van der Waals surface area contributed by atoms with Crippen molar-refractivity contribution in [2.45, 2.75) is 6.42 Å². The summed E-state index contributed by atoms with van der Waals surface area (Å²) in [5, 5.41) is 0. The van der Waals surface area contributed by atoms with Gasteiger partial charge in [0.25, 0.3) is 0 Å². The van der Waals surface area contributed by atoms with Crippen LogP contribution in [0.25, 0.3) is 16.9 Å². The quantitative estimate of drug-likeness (QED) is 0.656. The number of imidazole rings is 1.